The van der Waals surface area contributed by atoms with Crippen molar-refractivity contribution in [3.63, 3.8) is 0 Å². The van der Waals surface area contributed by atoms with Crippen molar-refractivity contribution in [3.8, 4) is 0 Å². The summed E-state index contributed by atoms with van der Waals surface area (Å²) in [6.45, 7) is 36.4. The Morgan fingerprint density at radius 2 is 1.28 bits per heavy atom. The van der Waals surface area contributed by atoms with E-state index in [1.807, 2.05) is 55.5 Å². The molecule has 0 N–H and O–H groups in total. The van der Waals surface area contributed by atoms with Crippen molar-refractivity contribution in [2.45, 2.75) is 166 Å². The highest BCUT2D eigenvalue weighted by Gasteiger charge is 2.52. The number of hydrogen-bond acceptors (Lipinski definition) is 7. The Kier molecular flexibility index (Phi) is 13.1. The number of aryl methyl sites for hydroxylation is 1. The third kappa shape index (κ3) is 10.0. The van der Waals surface area contributed by atoms with Crippen molar-refractivity contribution >= 4 is 35.0 Å². The fourth-order valence-corrected chi connectivity index (χ4v) is 11.0. The second-order valence-electron chi connectivity index (χ2n) is 19.6. The van der Waals surface area contributed by atoms with Gasteiger partial charge in [-0.05, 0) is 85.1 Å². The van der Waals surface area contributed by atoms with Crippen LogP contribution in [0.5, 0.6) is 0 Å². The summed E-state index contributed by atoms with van der Waals surface area (Å²) in [4.78, 5) is 0.254. The molecule has 2 heterocycles. The van der Waals surface area contributed by atoms with Crippen LogP contribution in [-0.2, 0) is 32.8 Å². The highest BCUT2D eigenvalue weighted by molar-refractivity contribution is 7.89. The minimum absolute atomic E-state index is 0.00829. The second-order valence-corrected chi connectivity index (χ2v) is 35.8. The molecule has 53 heavy (non-hydrogen) atoms. The smallest absolute Gasteiger partial charge is 0.244 e. The van der Waals surface area contributed by atoms with E-state index in [4.69, 9.17) is 22.8 Å². The fraction of sp³-hybridized carbons (Fsp3) is 0.659. The molecule has 4 rings (SSSR count). The van der Waals surface area contributed by atoms with Crippen molar-refractivity contribution in [2.24, 2.45) is 0 Å². The van der Waals surface area contributed by atoms with E-state index in [0.717, 1.165) is 11.1 Å². The Bertz CT molecular complexity index is 1670. The van der Waals surface area contributed by atoms with Gasteiger partial charge in [-0.2, -0.15) is 4.31 Å². The molecule has 0 aromatic heterocycles. The summed E-state index contributed by atoms with van der Waals surface area (Å²) in [6.07, 6.45) is 0.465. The van der Waals surface area contributed by atoms with Gasteiger partial charge in [-0.25, -0.2) is 8.42 Å². The quantitative estimate of drug-likeness (QED) is 0.198. The maximum absolute atomic E-state index is 14.2. The minimum atomic E-state index is -3.86. The van der Waals surface area contributed by atoms with Gasteiger partial charge in [-0.15, -0.1) is 0 Å². The van der Waals surface area contributed by atoms with Crippen molar-refractivity contribution in [1.29, 1.82) is 0 Å². The maximum atomic E-state index is 14.2. The molecule has 1 fully saturated rings. The molecule has 2 aromatic carbocycles. The number of hydrogen-bond donors (Lipinski definition) is 0. The molecule has 0 radical (unpaired) electrons. The largest absolute Gasteiger partial charge is 0.467 e. The third-order valence-electron chi connectivity index (χ3n) is 12.4. The maximum Gasteiger partial charge on any atom is 0.244 e. The van der Waals surface area contributed by atoms with Gasteiger partial charge in [0.2, 0.25) is 16.3 Å². The van der Waals surface area contributed by atoms with Crippen LogP contribution >= 0.6 is 0 Å². The molecular formula is C41H69NO7SSi3. The van der Waals surface area contributed by atoms with Crippen molar-refractivity contribution in [2.75, 3.05) is 13.2 Å². The molecule has 0 unspecified atom stereocenters. The lowest BCUT2D eigenvalue weighted by molar-refractivity contribution is -0.240. The average molecular weight is 804 g/mol. The molecule has 0 saturated carbocycles. The topological polar surface area (TPSA) is 83.5 Å². The normalized spacial score (nSPS) is 24.3. The molecule has 8 nitrogen and oxygen atoms in total. The summed E-state index contributed by atoms with van der Waals surface area (Å²) in [7, 11) is -10.6. The minimum Gasteiger partial charge on any atom is -0.467 e. The van der Waals surface area contributed by atoms with Gasteiger partial charge in [0, 0.05) is 13.0 Å². The first kappa shape index (κ1) is 44.1. The van der Waals surface area contributed by atoms with Crippen LogP contribution in [0.2, 0.25) is 54.4 Å². The number of ether oxygens (including phenoxy) is 2. The molecule has 5 atom stereocenters. The summed E-state index contributed by atoms with van der Waals surface area (Å²) in [5.74, 6) is 0.552. The Morgan fingerprint density at radius 1 is 0.755 bits per heavy atom. The van der Waals surface area contributed by atoms with E-state index in [-0.39, 0.29) is 38.8 Å². The lowest BCUT2D eigenvalue weighted by Gasteiger charge is -2.50. The van der Waals surface area contributed by atoms with Crippen molar-refractivity contribution in [1.82, 2.24) is 4.31 Å². The van der Waals surface area contributed by atoms with Gasteiger partial charge in [0.1, 0.15) is 17.9 Å². The van der Waals surface area contributed by atoms with Crippen LogP contribution in [0.3, 0.4) is 0 Å². The first-order valence-corrected chi connectivity index (χ1v) is 29.4. The van der Waals surface area contributed by atoms with E-state index in [0.29, 0.717) is 18.8 Å². The summed E-state index contributed by atoms with van der Waals surface area (Å²) in [5, 5.41) is -0.0570. The standard InChI is InChI=1S/C41H69NO7SSi3/c1-30-22-24-32(25-23-30)50(43,44)42-27-26-33(37(42)31-20-18-17-19-21-31)46-36-28-34(48-52(13,14)40(5,6)7)38(49-53(15,16)41(8,9)10)35(47-36)29-45-51(11,12)39(2,3)4/h17-26,34-38H,27-29H2,1-16H3/t34-,35-,36+,37+,38-/m1/s1. The first-order valence-electron chi connectivity index (χ1n) is 19.2. The number of benzene rings is 2. The zero-order valence-electron chi connectivity index (χ0n) is 35.5. The van der Waals surface area contributed by atoms with E-state index in [1.54, 1.807) is 12.1 Å². The van der Waals surface area contributed by atoms with Crippen LogP contribution in [0.25, 0.3) is 0 Å². The second kappa shape index (κ2) is 15.7. The average Bonchev–Trinajstić information content (AvgIpc) is 3.44. The molecule has 298 valence electrons. The van der Waals surface area contributed by atoms with E-state index < -0.39 is 53.4 Å². The lowest BCUT2D eigenvalue weighted by Crippen LogP contribution is -2.61. The number of rotatable bonds is 12. The molecule has 2 aliphatic rings. The lowest BCUT2D eigenvalue weighted by atomic mass is 10.0. The van der Waals surface area contributed by atoms with Gasteiger partial charge in [-0.3, -0.25) is 0 Å². The number of nitrogens with zero attached hydrogens (tertiary/aromatic N) is 1. The monoisotopic (exact) mass is 803 g/mol. The Labute approximate surface area is 325 Å². The summed E-state index contributed by atoms with van der Waals surface area (Å²) in [5.41, 5.74) is 1.83. The summed E-state index contributed by atoms with van der Waals surface area (Å²) < 4.78 is 65.3. The van der Waals surface area contributed by atoms with Gasteiger partial charge >= 0.3 is 0 Å². The van der Waals surface area contributed by atoms with Crippen molar-refractivity contribution in [3.05, 3.63) is 77.6 Å². The Morgan fingerprint density at radius 3 is 1.81 bits per heavy atom. The molecule has 12 heteroatoms. The summed E-state index contributed by atoms with van der Waals surface area (Å²) >= 11 is 0. The van der Waals surface area contributed by atoms with E-state index in [1.165, 1.54) is 4.31 Å². The van der Waals surface area contributed by atoms with Crippen LogP contribution < -0.4 is 0 Å². The van der Waals surface area contributed by atoms with Crippen LogP contribution in [0.4, 0.5) is 0 Å². The number of sulfonamides is 1. The molecule has 0 spiro atoms. The SMILES string of the molecule is Cc1ccc(S(=O)(=O)N2CC=C(O[C@@H]3C[C@@H](O[Si](C)(C)C(C)(C)C)[C@@H](O[Si](C)(C)C(C)(C)C)[C@@H](CO[Si](C)(C)C(C)(C)C)O3)[C@@H]2c2ccccc2)cc1. The predicted octanol–water partition coefficient (Wildman–Crippen LogP) is 10.6. The zero-order valence-corrected chi connectivity index (χ0v) is 39.3. The molecule has 0 aliphatic carbocycles. The van der Waals surface area contributed by atoms with Crippen LogP contribution in [0.1, 0.15) is 85.9 Å². The van der Waals surface area contributed by atoms with Crippen molar-refractivity contribution < 1.29 is 31.2 Å². The predicted molar refractivity (Wildman–Crippen MR) is 224 cm³/mol. The first-order chi connectivity index (χ1) is 24.1. The van der Waals surface area contributed by atoms with Crippen LogP contribution in [-0.4, -0.2) is 75.4 Å². The molecular weight excluding hydrogens is 735 g/mol. The van der Waals surface area contributed by atoms with E-state index in [9.17, 15) is 8.42 Å². The molecule has 0 amide bonds. The van der Waals surface area contributed by atoms with Gasteiger partial charge in [-0.1, -0.05) is 110 Å². The highest BCUT2D eigenvalue weighted by atomic mass is 32.2. The van der Waals surface area contributed by atoms with Gasteiger partial charge in [0.05, 0.1) is 23.7 Å². The van der Waals surface area contributed by atoms with E-state index in [2.05, 4.69) is 102 Å². The highest BCUT2D eigenvalue weighted by Crippen LogP contribution is 2.46. The fourth-order valence-electron chi connectivity index (χ4n) is 5.80. The Balaban J connectivity index is 1.76. The summed E-state index contributed by atoms with van der Waals surface area (Å²) in [6, 6.07) is 16.1. The molecule has 0 bridgehead atoms. The molecule has 2 aromatic rings. The van der Waals surface area contributed by atoms with Gasteiger partial charge in [0.25, 0.3) is 0 Å². The Hall–Kier alpha value is -1.62. The zero-order chi connectivity index (χ0) is 40.0. The van der Waals surface area contributed by atoms with Crippen LogP contribution in [0.15, 0.2) is 71.3 Å². The van der Waals surface area contributed by atoms with Gasteiger partial charge in [0.15, 0.2) is 25.0 Å². The molecule has 1 saturated heterocycles. The molecule has 2 aliphatic heterocycles. The van der Waals surface area contributed by atoms with Gasteiger partial charge < -0.3 is 22.8 Å². The van der Waals surface area contributed by atoms with Crippen LogP contribution in [0, 0.1) is 6.92 Å². The third-order valence-corrected chi connectivity index (χ3v) is 27.8. The van der Waals surface area contributed by atoms with E-state index >= 15 is 0 Å².